The van der Waals surface area contributed by atoms with E-state index in [1.54, 1.807) is 10.9 Å². The van der Waals surface area contributed by atoms with E-state index in [0.29, 0.717) is 17.0 Å². The van der Waals surface area contributed by atoms with Crippen LogP contribution in [0.5, 0.6) is 11.5 Å². The molecule has 2 atom stereocenters. The Balaban J connectivity index is 1.41. The van der Waals surface area contributed by atoms with E-state index in [4.69, 9.17) is 15.2 Å². The van der Waals surface area contributed by atoms with Crippen molar-refractivity contribution in [3.8, 4) is 22.8 Å². The van der Waals surface area contributed by atoms with Crippen LogP contribution < -0.4 is 20.5 Å². The Hall–Kier alpha value is -4.79. The maximum atomic E-state index is 14.7. The number of nitrogens with zero attached hydrogens (tertiary/aromatic N) is 3. The fourth-order valence-electron chi connectivity index (χ4n) is 5.22. The summed E-state index contributed by atoms with van der Waals surface area (Å²) in [6.07, 6.45) is -1.83. The molecule has 2 amide bonds. The molecule has 1 aliphatic heterocycles. The standard InChI is InChI=1S/C30H26F5N5O5/c1-28(27(36)42)13-45-25-18(28)10-22(38-24(25)14-3-6-19(31)20(32)8-14)29(43,30(33,34)35)12-37-26(41)15-7-16-11-40(17-4-5-17)39-23(16)21(9-15)44-2/h3,6-11,17,43H,4-5,12-13H2,1-2H3,(H2,36,42)(H,37,41)/t28-,29-/m0/s1. The lowest BCUT2D eigenvalue weighted by Gasteiger charge is -2.31. The number of hydrogen-bond acceptors (Lipinski definition) is 7. The molecule has 0 bridgehead atoms. The molecular weight excluding hydrogens is 605 g/mol. The van der Waals surface area contributed by atoms with Gasteiger partial charge in [-0.3, -0.25) is 14.3 Å². The van der Waals surface area contributed by atoms with Crippen molar-refractivity contribution in [2.45, 2.75) is 43.0 Å². The van der Waals surface area contributed by atoms with Gasteiger partial charge < -0.3 is 25.6 Å². The first-order valence-corrected chi connectivity index (χ1v) is 13.7. The molecule has 6 rings (SSSR count). The Morgan fingerprint density at radius 3 is 2.53 bits per heavy atom. The van der Waals surface area contributed by atoms with E-state index < -0.39 is 58.6 Å². The van der Waals surface area contributed by atoms with Crippen molar-refractivity contribution >= 4 is 22.7 Å². The number of alkyl halides is 3. The molecule has 15 heteroatoms. The Labute approximate surface area is 251 Å². The van der Waals surface area contributed by atoms with Crippen LogP contribution in [0.3, 0.4) is 0 Å². The molecule has 0 spiro atoms. The summed E-state index contributed by atoms with van der Waals surface area (Å²) in [6, 6.07) is 6.28. The quantitative estimate of drug-likeness (QED) is 0.249. The van der Waals surface area contributed by atoms with E-state index in [0.717, 1.165) is 31.0 Å². The molecular formula is C30H26F5N5O5. The highest BCUT2D eigenvalue weighted by Crippen LogP contribution is 2.48. The van der Waals surface area contributed by atoms with Crippen molar-refractivity contribution < 1.29 is 46.1 Å². The third-order valence-corrected chi connectivity index (χ3v) is 8.20. The zero-order valence-corrected chi connectivity index (χ0v) is 23.8. The molecule has 4 N–H and O–H groups in total. The number of carbonyl (C=O) groups excluding carboxylic acids is 2. The van der Waals surface area contributed by atoms with Crippen LogP contribution in [-0.2, 0) is 15.8 Å². The zero-order valence-electron chi connectivity index (χ0n) is 23.8. The summed E-state index contributed by atoms with van der Waals surface area (Å²) in [5, 5.41) is 18.4. The molecule has 45 heavy (non-hydrogen) atoms. The Kier molecular flexibility index (Phi) is 6.99. The summed E-state index contributed by atoms with van der Waals surface area (Å²) in [4.78, 5) is 29.6. The molecule has 236 valence electrons. The third kappa shape index (κ3) is 5.00. The van der Waals surface area contributed by atoms with Gasteiger partial charge >= 0.3 is 6.18 Å². The molecule has 1 aliphatic carbocycles. The lowest BCUT2D eigenvalue weighted by atomic mass is 9.81. The van der Waals surface area contributed by atoms with Crippen LogP contribution >= 0.6 is 0 Å². The van der Waals surface area contributed by atoms with Crippen LogP contribution in [-0.4, -0.2) is 58.1 Å². The summed E-state index contributed by atoms with van der Waals surface area (Å²) in [5.74, 6) is -4.43. The number of rotatable bonds is 8. The van der Waals surface area contributed by atoms with Crippen molar-refractivity contribution in [1.82, 2.24) is 20.1 Å². The predicted molar refractivity (Wildman–Crippen MR) is 148 cm³/mol. The van der Waals surface area contributed by atoms with Crippen LogP contribution in [0.2, 0.25) is 0 Å². The number of primary amides is 1. The molecule has 4 aromatic rings. The van der Waals surface area contributed by atoms with Gasteiger partial charge in [0.05, 0.1) is 25.4 Å². The lowest BCUT2D eigenvalue weighted by Crippen LogP contribution is -2.51. The number of benzene rings is 2. The molecule has 2 aromatic carbocycles. The van der Waals surface area contributed by atoms with Crippen LogP contribution in [0.1, 0.15) is 47.4 Å². The minimum Gasteiger partial charge on any atom is -0.494 e. The van der Waals surface area contributed by atoms with Gasteiger partial charge in [-0.25, -0.2) is 13.8 Å². The smallest absolute Gasteiger partial charge is 0.424 e. The van der Waals surface area contributed by atoms with Gasteiger partial charge in [-0.15, -0.1) is 0 Å². The first-order valence-electron chi connectivity index (χ1n) is 13.7. The molecule has 0 saturated heterocycles. The topological polar surface area (TPSA) is 142 Å². The largest absolute Gasteiger partial charge is 0.494 e. The van der Waals surface area contributed by atoms with Gasteiger partial charge in [0, 0.05) is 28.3 Å². The molecule has 1 saturated carbocycles. The molecule has 1 fully saturated rings. The normalized spacial score (nSPS) is 19.1. The number of aromatic nitrogens is 3. The summed E-state index contributed by atoms with van der Waals surface area (Å²) in [6.45, 7) is -0.472. The number of methoxy groups -OCH3 is 1. The first kappa shape index (κ1) is 30.2. The van der Waals surface area contributed by atoms with Gasteiger partial charge in [0.15, 0.2) is 11.6 Å². The lowest BCUT2D eigenvalue weighted by molar-refractivity contribution is -0.265. The number of pyridine rings is 1. The molecule has 2 aliphatic rings. The van der Waals surface area contributed by atoms with Crippen molar-refractivity contribution in [1.29, 1.82) is 0 Å². The Morgan fingerprint density at radius 2 is 1.91 bits per heavy atom. The average Bonchev–Trinajstić information content (AvgIpc) is 3.66. The number of ether oxygens (including phenoxy) is 2. The van der Waals surface area contributed by atoms with E-state index >= 15 is 0 Å². The van der Waals surface area contributed by atoms with E-state index in [1.807, 2.05) is 0 Å². The SMILES string of the molecule is COc1cc(C(=O)NC[C@](O)(c2cc3c(c(-c4ccc(F)c(F)c4)n2)OC[C@]3(C)C(N)=O)C(F)(F)F)cc2cn(C3CC3)nc12. The highest BCUT2D eigenvalue weighted by atomic mass is 19.4. The second-order valence-corrected chi connectivity index (χ2v) is 11.3. The van der Waals surface area contributed by atoms with Crippen molar-refractivity contribution in [3.05, 3.63) is 71.1 Å². The van der Waals surface area contributed by atoms with Gasteiger partial charge in [-0.05, 0) is 56.2 Å². The highest BCUT2D eigenvalue weighted by Gasteiger charge is 2.57. The second kappa shape index (κ2) is 10.4. The number of fused-ring (bicyclic) bond motifs is 2. The number of halogens is 5. The van der Waals surface area contributed by atoms with Gasteiger partial charge in [-0.1, -0.05) is 0 Å². The van der Waals surface area contributed by atoms with E-state index in [-0.39, 0.29) is 40.8 Å². The van der Waals surface area contributed by atoms with Crippen LogP contribution in [0.4, 0.5) is 22.0 Å². The van der Waals surface area contributed by atoms with Gasteiger partial charge in [0.2, 0.25) is 11.5 Å². The summed E-state index contributed by atoms with van der Waals surface area (Å²) >= 11 is 0. The Morgan fingerprint density at radius 1 is 1.18 bits per heavy atom. The number of amides is 2. The van der Waals surface area contributed by atoms with Crippen LogP contribution in [0, 0.1) is 11.6 Å². The number of nitrogens with two attached hydrogens (primary N) is 1. The molecule has 0 unspecified atom stereocenters. The fraction of sp³-hybridized carbons (Fsp3) is 0.333. The maximum Gasteiger partial charge on any atom is 0.424 e. The summed E-state index contributed by atoms with van der Waals surface area (Å²) in [5.41, 5.74) is -1.29. The van der Waals surface area contributed by atoms with E-state index in [9.17, 15) is 36.6 Å². The van der Waals surface area contributed by atoms with E-state index in [2.05, 4.69) is 15.4 Å². The van der Waals surface area contributed by atoms with Gasteiger partial charge in [0.25, 0.3) is 5.91 Å². The number of carbonyl (C=O) groups is 2. The minimum atomic E-state index is -5.43. The number of hydrogen-bond donors (Lipinski definition) is 3. The molecule has 3 heterocycles. The maximum absolute atomic E-state index is 14.7. The van der Waals surface area contributed by atoms with Gasteiger partial charge in [0.1, 0.15) is 34.7 Å². The third-order valence-electron chi connectivity index (χ3n) is 8.20. The zero-order chi connectivity index (χ0) is 32.5. The summed E-state index contributed by atoms with van der Waals surface area (Å²) in [7, 11) is 1.36. The van der Waals surface area contributed by atoms with Gasteiger partial charge in [-0.2, -0.15) is 18.3 Å². The van der Waals surface area contributed by atoms with Crippen molar-refractivity contribution in [2.75, 3.05) is 20.3 Å². The molecule has 10 nitrogen and oxygen atoms in total. The highest BCUT2D eigenvalue weighted by molar-refractivity contribution is 6.00. The van der Waals surface area contributed by atoms with Crippen molar-refractivity contribution in [2.24, 2.45) is 5.73 Å². The average molecular weight is 632 g/mol. The number of nitrogens with one attached hydrogen (secondary N) is 1. The summed E-state index contributed by atoms with van der Waals surface area (Å²) < 4.78 is 84.7. The number of aliphatic hydroxyl groups is 1. The predicted octanol–water partition coefficient (Wildman–Crippen LogP) is 4.04. The monoisotopic (exact) mass is 631 g/mol. The Bertz CT molecular complexity index is 1870. The van der Waals surface area contributed by atoms with Crippen LogP contribution in [0.15, 0.2) is 42.6 Å². The van der Waals surface area contributed by atoms with Crippen LogP contribution in [0.25, 0.3) is 22.2 Å². The second-order valence-electron chi connectivity index (χ2n) is 11.3. The minimum absolute atomic E-state index is 0.0571. The molecule has 0 radical (unpaired) electrons. The van der Waals surface area contributed by atoms with Crippen molar-refractivity contribution in [3.63, 3.8) is 0 Å². The molecule has 2 aromatic heterocycles. The first-order chi connectivity index (χ1) is 21.2. The van der Waals surface area contributed by atoms with E-state index in [1.165, 1.54) is 26.2 Å². The fourth-order valence-corrected chi connectivity index (χ4v) is 5.22.